The third-order valence-electron chi connectivity index (χ3n) is 6.85. The number of para-hydroxylation sites is 1. The Balaban J connectivity index is 1.50. The van der Waals surface area contributed by atoms with Gasteiger partial charge >= 0.3 is 0 Å². The highest BCUT2D eigenvalue weighted by Gasteiger charge is 2.20. The molecule has 0 fully saturated rings. The number of methoxy groups -OCH3 is 1. The van der Waals surface area contributed by atoms with E-state index in [0.29, 0.717) is 22.8 Å². The van der Waals surface area contributed by atoms with Crippen molar-refractivity contribution in [2.75, 3.05) is 18.2 Å². The van der Waals surface area contributed by atoms with E-state index in [9.17, 15) is 4.79 Å². The van der Waals surface area contributed by atoms with Crippen LogP contribution in [0.5, 0.6) is 5.88 Å². The molecule has 9 nitrogen and oxygen atoms in total. The lowest BCUT2D eigenvalue weighted by atomic mass is 9.98. The second kappa shape index (κ2) is 10.9. The van der Waals surface area contributed by atoms with Crippen molar-refractivity contribution in [2.24, 2.45) is 0 Å². The second-order valence-electron chi connectivity index (χ2n) is 9.51. The van der Waals surface area contributed by atoms with Crippen LogP contribution in [0.25, 0.3) is 38.8 Å². The Bertz CT molecular complexity index is 1910. The van der Waals surface area contributed by atoms with Gasteiger partial charge < -0.3 is 15.8 Å². The van der Waals surface area contributed by atoms with E-state index in [-0.39, 0.29) is 17.5 Å². The number of aromatic nitrogens is 5. The fourth-order valence-electron chi connectivity index (χ4n) is 4.97. The molecule has 6 rings (SSSR count). The van der Waals surface area contributed by atoms with Crippen LogP contribution >= 0.6 is 0 Å². The van der Waals surface area contributed by atoms with Crippen LogP contribution in [0.15, 0.2) is 108 Å². The molecule has 0 saturated heterocycles. The molecule has 41 heavy (non-hydrogen) atoms. The van der Waals surface area contributed by atoms with E-state index in [4.69, 9.17) is 10.5 Å². The zero-order valence-corrected chi connectivity index (χ0v) is 22.5. The fraction of sp³-hybridized carbons (Fsp3) is 0.0938. The van der Waals surface area contributed by atoms with Gasteiger partial charge in [0.2, 0.25) is 11.8 Å². The highest BCUT2D eigenvalue weighted by molar-refractivity contribution is 5.96. The first-order chi connectivity index (χ1) is 20.0. The Morgan fingerprint density at radius 3 is 2.54 bits per heavy atom. The number of fused-ring (bicyclic) bond motifs is 1. The first-order valence-electron chi connectivity index (χ1n) is 13.1. The van der Waals surface area contributed by atoms with Crippen LogP contribution in [-0.2, 0) is 0 Å². The molecule has 0 spiro atoms. The SMILES string of the molecule is COc1cc(-c2cccc3cc([C@H](C)Nc4cc(-c5cccnc5)nc(N)n4)n(-c4ccccc4)c(=O)c23)ccn1. The first-order valence-corrected chi connectivity index (χ1v) is 13.1. The largest absolute Gasteiger partial charge is 0.481 e. The fourth-order valence-corrected chi connectivity index (χ4v) is 4.97. The Hall–Kier alpha value is -5.57. The number of anilines is 2. The van der Waals surface area contributed by atoms with Gasteiger partial charge in [-0.25, -0.2) is 9.97 Å². The van der Waals surface area contributed by atoms with Crippen molar-refractivity contribution in [3.05, 3.63) is 120 Å². The number of hydrogen-bond donors (Lipinski definition) is 2. The predicted molar refractivity (Wildman–Crippen MR) is 161 cm³/mol. The topological polar surface area (TPSA) is 121 Å². The molecule has 202 valence electrons. The van der Waals surface area contributed by atoms with Crippen LogP contribution in [0, 0.1) is 0 Å². The summed E-state index contributed by atoms with van der Waals surface area (Å²) in [6, 6.07) is 26.4. The summed E-state index contributed by atoms with van der Waals surface area (Å²) in [5, 5.41) is 4.86. The summed E-state index contributed by atoms with van der Waals surface area (Å²) < 4.78 is 7.08. The van der Waals surface area contributed by atoms with Crippen LogP contribution in [0.4, 0.5) is 11.8 Å². The van der Waals surface area contributed by atoms with Gasteiger partial charge in [0.15, 0.2) is 0 Å². The van der Waals surface area contributed by atoms with Gasteiger partial charge in [-0.15, -0.1) is 0 Å². The van der Waals surface area contributed by atoms with Crippen LogP contribution in [0.3, 0.4) is 0 Å². The number of ether oxygens (including phenoxy) is 1. The van der Waals surface area contributed by atoms with Gasteiger partial charge in [0.25, 0.3) is 5.56 Å². The Morgan fingerprint density at radius 2 is 1.76 bits per heavy atom. The molecule has 0 unspecified atom stereocenters. The van der Waals surface area contributed by atoms with Crippen LogP contribution in [0.1, 0.15) is 18.7 Å². The molecule has 6 aromatic rings. The maximum atomic E-state index is 14.4. The van der Waals surface area contributed by atoms with E-state index in [1.54, 1.807) is 30.3 Å². The maximum absolute atomic E-state index is 14.4. The normalized spacial score (nSPS) is 11.8. The summed E-state index contributed by atoms with van der Waals surface area (Å²) in [7, 11) is 1.57. The third-order valence-corrected chi connectivity index (χ3v) is 6.85. The lowest BCUT2D eigenvalue weighted by Gasteiger charge is -2.22. The number of nitrogens with one attached hydrogen (secondary N) is 1. The second-order valence-corrected chi connectivity index (χ2v) is 9.51. The number of nitrogens with zero attached hydrogens (tertiary/aromatic N) is 5. The molecular weight excluding hydrogens is 514 g/mol. The van der Waals surface area contributed by atoms with Crippen molar-refractivity contribution in [3.8, 4) is 34.0 Å². The molecule has 0 radical (unpaired) electrons. The molecule has 0 saturated carbocycles. The quantitative estimate of drug-likeness (QED) is 0.265. The number of nitrogens with two attached hydrogens (primary N) is 1. The summed E-state index contributed by atoms with van der Waals surface area (Å²) in [5.74, 6) is 1.15. The smallest absolute Gasteiger partial charge is 0.263 e. The predicted octanol–water partition coefficient (Wildman–Crippen LogP) is 5.67. The summed E-state index contributed by atoms with van der Waals surface area (Å²) >= 11 is 0. The first kappa shape index (κ1) is 25.7. The van der Waals surface area contributed by atoms with Gasteiger partial charge in [-0.2, -0.15) is 4.98 Å². The van der Waals surface area contributed by atoms with Crippen molar-refractivity contribution in [2.45, 2.75) is 13.0 Å². The van der Waals surface area contributed by atoms with Crippen molar-refractivity contribution in [3.63, 3.8) is 0 Å². The number of hydrogen-bond acceptors (Lipinski definition) is 8. The van der Waals surface area contributed by atoms with Crippen LogP contribution in [0.2, 0.25) is 0 Å². The van der Waals surface area contributed by atoms with E-state index >= 15 is 0 Å². The zero-order chi connectivity index (χ0) is 28.3. The highest BCUT2D eigenvalue weighted by Crippen LogP contribution is 2.31. The molecule has 0 amide bonds. The summed E-state index contributed by atoms with van der Waals surface area (Å²) in [6.45, 7) is 1.99. The molecule has 3 N–H and O–H groups in total. The molecule has 2 aromatic carbocycles. The van der Waals surface area contributed by atoms with Crippen LogP contribution < -0.4 is 21.3 Å². The van der Waals surface area contributed by atoms with Gasteiger partial charge in [0.05, 0.1) is 24.2 Å². The molecule has 0 aliphatic heterocycles. The van der Waals surface area contributed by atoms with Crippen molar-refractivity contribution in [1.29, 1.82) is 0 Å². The molecule has 0 aliphatic carbocycles. The Morgan fingerprint density at radius 1 is 0.902 bits per heavy atom. The van der Waals surface area contributed by atoms with E-state index in [0.717, 1.165) is 33.5 Å². The Labute approximate surface area is 236 Å². The monoisotopic (exact) mass is 541 g/mol. The molecule has 4 aromatic heterocycles. The standard InChI is InChI=1S/C32H27N7O2/c1-20(36-28-18-26(37-32(33)38-28)23-9-7-14-34-19-23)27-16-22-8-6-12-25(21-13-15-35-29(17-21)41-2)30(22)31(40)39(27)24-10-4-3-5-11-24/h3-20H,1-2H3,(H3,33,36,37,38)/t20-/m0/s1. The molecule has 9 heteroatoms. The average molecular weight is 542 g/mol. The number of nitrogen functional groups attached to an aromatic ring is 1. The molecule has 0 bridgehead atoms. The number of pyridine rings is 3. The average Bonchev–Trinajstić information content (AvgIpc) is 3.01. The van der Waals surface area contributed by atoms with Crippen molar-refractivity contribution in [1.82, 2.24) is 24.5 Å². The van der Waals surface area contributed by atoms with Crippen molar-refractivity contribution < 1.29 is 4.74 Å². The van der Waals surface area contributed by atoms with Crippen LogP contribution in [-0.4, -0.2) is 31.6 Å². The van der Waals surface area contributed by atoms with E-state index < -0.39 is 0 Å². The summed E-state index contributed by atoms with van der Waals surface area (Å²) in [4.78, 5) is 31.6. The molecule has 1 atom stereocenters. The Kier molecular flexibility index (Phi) is 6.83. The van der Waals surface area contributed by atoms with E-state index in [2.05, 4.69) is 25.3 Å². The minimum Gasteiger partial charge on any atom is -0.481 e. The van der Waals surface area contributed by atoms with E-state index in [1.165, 1.54) is 0 Å². The maximum Gasteiger partial charge on any atom is 0.263 e. The lowest BCUT2D eigenvalue weighted by Crippen LogP contribution is -2.26. The van der Waals surface area contributed by atoms with Gasteiger partial charge in [0.1, 0.15) is 5.82 Å². The van der Waals surface area contributed by atoms with Gasteiger partial charge in [-0.1, -0.05) is 36.4 Å². The van der Waals surface area contributed by atoms with Crippen molar-refractivity contribution >= 4 is 22.5 Å². The number of benzene rings is 2. The number of rotatable bonds is 7. The molecule has 4 heterocycles. The highest BCUT2D eigenvalue weighted by atomic mass is 16.5. The summed E-state index contributed by atoms with van der Waals surface area (Å²) in [5.41, 5.74) is 10.6. The lowest BCUT2D eigenvalue weighted by molar-refractivity contribution is 0.398. The minimum absolute atomic E-state index is 0.137. The summed E-state index contributed by atoms with van der Waals surface area (Å²) in [6.07, 6.45) is 5.10. The van der Waals surface area contributed by atoms with Gasteiger partial charge in [-0.3, -0.25) is 14.3 Å². The minimum atomic E-state index is -0.326. The molecule has 0 aliphatic rings. The van der Waals surface area contributed by atoms with Gasteiger partial charge in [0, 0.05) is 47.7 Å². The third kappa shape index (κ3) is 5.08. The zero-order valence-electron chi connectivity index (χ0n) is 22.5. The van der Waals surface area contributed by atoms with E-state index in [1.807, 2.05) is 91.9 Å². The van der Waals surface area contributed by atoms with Gasteiger partial charge in [-0.05, 0) is 59.8 Å². The molecular formula is C32H27N7O2.